The number of benzene rings is 2. The molecule has 2 aromatic carbocycles. The van der Waals surface area contributed by atoms with Crippen molar-refractivity contribution in [1.29, 1.82) is 0 Å². The molecule has 0 bridgehead atoms. The fraction of sp³-hybridized carbons (Fsp3) is 0.0435. The molecule has 2 heterocycles. The van der Waals surface area contributed by atoms with Crippen LogP contribution in [0.2, 0.25) is 10.0 Å². The number of amides is 1. The standard InChI is InChI=1S/C23H16Cl2N2O2/c1-14-5-6-15-3-2-4-20(23(15)26-14)27-22(28)10-8-19-7-9-21(29-19)16-11-17(24)13-18(25)12-16/h2-13H,1H3,(H,27,28). The summed E-state index contributed by atoms with van der Waals surface area (Å²) in [6.45, 7) is 1.92. The van der Waals surface area contributed by atoms with Crippen molar-refractivity contribution in [2.45, 2.75) is 6.92 Å². The zero-order valence-electron chi connectivity index (χ0n) is 15.4. The van der Waals surface area contributed by atoms with Crippen LogP contribution < -0.4 is 5.32 Å². The van der Waals surface area contributed by atoms with E-state index in [1.165, 1.54) is 6.08 Å². The van der Waals surface area contributed by atoms with Crippen molar-refractivity contribution >= 4 is 51.8 Å². The Morgan fingerprint density at radius 2 is 1.83 bits per heavy atom. The zero-order chi connectivity index (χ0) is 20.4. The van der Waals surface area contributed by atoms with E-state index in [1.54, 1.807) is 36.4 Å². The van der Waals surface area contributed by atoms with E-state index in [0.717, 1.165) is 22.2 Å². The van der Waals surface area contributed by atoms with E-state index < -0.39 is 0 Å². The number of anilines is 1. The minimum absolute atomic E-state index is 0.274. The van der Waals surface area contributed by atoms with Crippen molar-refractivity contribution in [2.75, 3.05) is 5.32 Å². The highest BCUT2D eigenvalue weighted by molar-refractivity contribution is 6.35. The molecule has 0 fully saturated rings. The molecular weight excluding hydrogens is 407 g/mol. The number of halogens is 2. The Hall–Kier alpha value is -3.08. The number of nitrogens with one attached hydrogen (secondary N) is 1. The Morgan fingerprint density at radius 3 is 2.62 bits per heavy atom. The van der Waals surface area contributed by atoms with Crippen molar-refractivity contribution in [1.82, 2.24) is 4.98 Å². The number of para-hydroxylation sites is 1. The second-order valence-corrected chi connectivity index (χ2v) is 7.39. The molecule has 6 heteroatoms. The van der Waals surface area contributed by atoms with Gasteiger partial charge < -0.3 is 9.73 Å². The summed E-state index contributed by atoms with van der Waals surface area (Å²) < 4.78 is 5.77. The summed E-state index contributed by atoms with van der Waals surface area (Å²) in [6.07, 6.45) is 3.02. The fourth-order valence-corrected chi connectivity index (χ4v) is 3.50. The summed E-state index contributed by atoms with van der Waals surface area (Å²) in [5.74, 6) is 0.880. The van der Waals surface area contributed by atoms with Crippen LogP contribution >= 0.6 is 23.2 Å². The molecular formula is C23H16Cl2N2O2. The molecule has 0 unspecified atom stereocenters. The Balaban J connectivity index is 1.51. The van der Waals surface area contributed by atoms with Crippen LogP contribution in [0.5, 0.6) is 0 Å². The number of hydrogen-bond acceptors (Lipinski definition) is 3. The highest BCUT2D eigenvalue weighted by atomic mass is 35.5. The first-order chi connectivity index (χ1) is 14.0. The van der Waals surface area contributed by atoms with Gasteiger partial charge in [-0.25, -0.2) is 0 Å². The summed E-state index contributed by atoms with van der Waals surface area (Å²) in [5.41, 5.74) is 3.07. The molecule has 4 aromatic rings. The first kappa shape index (κ1) is 19.2. The molecule has 144 valence electrons. The maximum Gasteiger partial charge on any atom is 0.248 e. The van der Waals surface area contributed by atoms with Gasteiger partial charge in [0.1, 0.15) is 11.5 Å². The van der Waals surface area contributed by atoms with E-state index >= 15 is 0 Å². The average Bonchev–Trinajstić information content (AvgIpc) is 3.15. The highest BCUT2D eigenvalue weighted by Gasteiger charge is 2.08. The van der Waals surface area contributed by atoms with Gasteiger partial charge >= 0.3 is 0 Å². The van der Waals surface area contributed by atoms with Gasteiger partial charge in [-0.3, -0.25) is 9.78 Å². The third-order valence-electron chi connectivity index (χ3n) is 4.29. The van der Waals surface area contributed by atoms with Crippen LogP contribution in [0.3, 0.4) is 0 Å². The average molecular weight is 423 g/mol. The predicted molar refractivity (Wildman–Crippen MR) is 118 cm³/mol. The lowest BCUT2D eigenvalue weighted by molar-refractivity contribution is -0.111. The van der Waals surface area contributed by atoms with E-state index in [1.807, 2.05) is 37.3 Å². The SMILES string of the molecule is Cc1ccc2cccc(NC(=O)C=Cc3ccc(-c4cc(Cl)cc(Cl)c4)o3)c2n1. The predicted octanol–water partition coefficient (Wildman–Crippen LogP) is 6.76. The van der Waals surface area contributed by atoms with Crippen molar-refractivity contribution in [2.24, 2.45) is 0 Å². The lowest BCUT2D eigenvalue weighted by Crippen LogP contribution is -2.08. The Bertz CT molecular complexity index is 1220. The molecule has 0 aliphatic carbocycles. The summed E-state index contributed by atoms with van der Waals surface area (Å²) in [4.78, 5) is 16.9. The van der Waals surface area contributed by atoms with Crippen LogP contribution in [0.4, 0.5) is 5.69 Å². The van der Waals surface area contributed by atoms with E-state index in [-0.39, 0.29) is 5.91 Å². The van der Waals surface area contributed by atoms with Gasteiger partial charge in [0.25, 0.3) is 0 Å². The van der Waals surface area contributed by atoms with Crippen LogP contribution in [0.25, 0.3) is 28.3 Å². The van der Waals surface area contributed by atoms with Crippen LogP contribution in [0.15, 0.2) is 71.2 Å². The second kappa shape index (κ2) is 8.11. The minimum Gasteiger partial charge on any atom is -0.457 e. The van der Waals surface area contributed by atoms with E-state index in [2.05, 4.69) is 10.3 Å². The van der Waals surface area contributed by atoms with Gasteiger partial charge in [-0.1, -0.05) is 41.4 Å². The molecule has 0 aliphatic rings. The molecule has 29 heavy (non-hydrogen) atoms. The first-order valence-corrected chi connectivity index (χ1v) is 9.65. The smallest absolute Gasteiger partial charge is 0.248 e. The van der Waals surface area contributed by atoms with Crippen LogP contribution in [0.1, 0.15) is 11.5 Å². The largest absolute Gasteiger partial charge is 0.457 e. The third kappa shape index (κ3) is 4.50. The zero-order valence-corrected chi connectivity index (χ0v) is 17.0. The molecule has 1 N–H and O–H groups in total. The van der Waals surface area contributed by atoms with Gasteiger partial charge in [0.15, 0.2) is 0 Å². The third-order valence-corrected chi connectivity index (χ3v) is 4.73. The number of aryl methyl sites for hydroxylation is 1. The van der Waals surface area contributed by atoms with Crippen molar-refractivity contribution in [3.63, 3.8) is 0 Å². The number of aromatic nitrogens is 1. The maximum atomic E-state index is 12.4. The summed E-state index contributed by atoms with van der Waals surface area (Å²) in [6, 6.07) is 18.4. The number of furan rings is 1. The molecule has 0 saturated heterocycles. The first-order valence-electron chi connectivity index (χ1n) is 8.90. The summed E-state index contributed by atoms with van der Waals surface area (Å²) in [5, 5.41) is 4.89. The van der Waals surface area contributed by atoms with Crippen molar-refractivity contribution in [3.05, 3.63) is 88.2 Å². The molecule has 2 aromatic heterocycles. The second-order valence-electron chi connectivity index (χ2n) is 6.51. The summed E-state index contributed by atoms with van der Waals surface area (Å²) in [7, 11) is 0. The molecule has 4 rings (SSSR count). The molecule has 1 amide bonds. The molecule has 0 radical (unpaired) electrons. The highest BCUT2D eigenvalue weighted by Crippen LogP contribution is 2.29. The normalized spacial score (nSPS) is 11.3. The number of rotatable bonds is 4. The molecule has 4 nitrogen and oxygen atoms in total. The van der Waals surface area contributed by atoms with Gasteiger partial charge in [-0.2, -0.15) is 0 Å². The lowest BCUT2D eigenvalue weighted by Gasteiger charge is -2.06. The number of pyridine rings is 1. The van der Waals surface area contributed by atoms with Crippen LogP contribution in [-0.2, 0) is 4.79 Å². The molecule has 0 saturated carbocycles. The van der Waals surface area contributed by atoms with Gasteiger partial charge in [0, 0.05) is 32.8 Å². The Kier molecular flexibility index (Phi) is 5.38. The molecule has 0 atom stereocenters. The van der Waals surface area contributed by atoms with E-state index in [9.17, 15) is 4.79 Å². The quantitative estimate of drug-likeness (QED) is 0.369. The van der Waals surface area contributed by atoms with Crippen molar-refractivity contribution < 1.29 is 9.21 Å². The Labute approximate surface area is 177 Å². The fourth-order valence-electron chi connectivity index (χ4n) is 2.97. The number of carbonyl (C=O) groups excluding carboxylic acids is 1. The van der Waals surface area contributed by atoms with Gasteiger partial charge in [0.05, 0.1) is 11.2 Å². The van der Waals surface area contributed by atoms with Crippen LogP contribution in [-0.4, -0.2) is 10.9 Å². The molecule has 0 aliphatic heterocycles. The number of hydrogen-bond donors (Lipinski definition) is 1. The van der Waals surface area contributed by atoms with Crippen LogP contribution in [0, 0.1) is 6.92 Å². The number of carbonyl (C=O) groups is 1. The topological polar surface area (TPSA) is 55.1 Å². The van der Waals surface area contributed by atoms with Gasteiger partial charge in [0.2, 0.25) is 5.91 Å². The maximum absolute atomic E-state index is 12.4. The minimum atomic E-state index is -0.274. The number of nitrogens with zero attached hydrogens (tertiary/aromatic N) is 1. The number of fused-ring (bicyclic) bond motifs is 1. The molecule has 0 spiro atoms. The monoisotopic (exact) mass is 422 g/mol. The summed E-state index contributed by atoms with van der Waals surface area (Å²) >= 11 is 12.1. The lowest BCUT2D eigenvalue weighted by atomic mass is 10.1. The van der Waals surface area contributed by atoms with E-state index in [4.69, 9.17) is 27.6 Å². The Morgan fingerprint density at radius 1 is 1.03 bits per heavy atom. The van der Waals surface area contributed by atoms with Gasteiger partial charge in [-0.05, 0) is 55.5 Å². The van der Waals surface area contributed by atoms with Gasteiger partial charge in [-0.15, -0.1) is 0 Å². The van der Waals surface area contributed by atoms with E-state index in [0.29, 0.717) is 27.3 Å². The van der Waals surface area contributed by atoms with Crippen molar-refractivity contribution in [3.8, 4) is 11.3 Å².